The predicted octanol–water partition coefficient (Wildman–Crippen LogP) is 3.67. The summed E-state index contributed by atoms with van der Waals surface area (Å²) in [6, 6.07) is 15.6. The zero-order valence-corrected chi connectivity index (χ0v) is 13.5. The van der Waals surface area contributed by atoms with E-state index < -0.39 is 0 Å². The van der Waals surface area contributed by atoms with E-state index in [1.807, 2.05) is 59.3 Å². The van der Waals surface area contributed by atoms with Gasteiger partial charge in [0.05, 0.1) is 19.1 Å². The van der Waals surface area contributed by atoms with Gasteiger partial charge in [0.2, 0.25) is 5.89 Å². The van der Waals surface area contributed by atoms with Crippen molar-refractivity contribution in [3.8, 4) is 22.9 Å². The van der Waals surface area contributed by atoms with E-state index >= 15 is 0 Å². The van der Waals surface area contributed by atoms with E-state index in [0.29, 0.717) is 17.7 Å². The third-order valence-corrected chi connectivity index (χ3v) is 3.69. The monoisotopic (exact) mass is 333 g/mol. The highest BCUT2D eigenvalue weighted by atomic mass is 16.5. The van der Waals surface area contributed by atoms with E-state index in [2.05, 4.69) is 20.5 Å². The summed E-state index contributed by atoms with van der Waals surface area (Å²) >= 11 is 0. The van der Waals surface area contributed by atoms with Gasteiger partial charge in [-0.05, 0) is 36.4 Å². The Morgan fingerprint density at radius 2 is 1.88 bits per heavy atom. The van der Waals surface area contributed by atoms with Crippen LogP contribution in [0.25, 0.3) is 17.1 Å². The van der Waals surface area contributed by atoms with Gasteiger partial charge in [-0.2, -0.15) is 0 Å². The Kier molecular flexibility index (Phi) is 3.88. The Hall–Kier alpha value is -3.61. The SMILES string of the molecule is COc1ccccc1Nc1nnc(-c2ccc(-n3ccnc3)cc2)o1. The molecule has 0 unspecified atom stereocenters. The molecule has 0 spiro atoms. The van der Waals surface area contributed by atoms with Crippen LogP contribution in [0.4, 0.5) is 11.7 Å². The van der Waals surface area contributed by atoms with Gasteiger partial charge in [0.1, 0.15) is 5.75 Å². The number of rotatable bonds is 5. The zero-order valence-electron chi connectivity index (χ0n) is 13.5. The number of aromatic nitrogens is 4. The average molecular weight is 333 g/mol. The second-order valence-corrected chi connectivity index (χ2v) is 5.25. The van der Waals surface area contributed by atoms with Crippen LogP contribution in [0.1, 0.15) is 0 Å². The van der Waals surface area contributed by atoms with Crippen LogP contribution >= 0.6 is 0 Å². The molecule has 2 aromatic carbocycles. The van der Waals surface area contributed by atoms with Crippen molar-refractivity contribution in [2.75, 3.05) is 12.4 Å². The first-order valence-corrected chi connectivity index (χ1v) is 7.66. The minimum absolute atomic E-state index is 0.304. The first-order valence-electron chi connectivity index (χ1n) is 7.66. The summed E-state index contributed by atoms with van der Waals surface area (Å²) in [5.41, 5.74) is 2.60. The lowest BCUT2D eigenvalue weighted by atomic mass is 10.2. The first kappa shape index (κ1) is 14.9. The quantitative estimate of drug-likeness (QED) is 0.600. The van der Waals surface area contributed by atoms with Crippen LogP contribution < -0.4 is 10.1 Å². The standard InChI is InChI=1S/C18H15N5O2/c1-24-16-5-3-2-4-15(16)20-18-22-21-17(25-18)13-6-8-14(9-7-13)23-11-10-19-12-23/h2-12H,1H3,(H,20,22). The molecule has 4 rings (SSSR count). The molecule has 2 aromatic heterocycles. The molecule has 2 heterocycles. The number of anilines is 2. The van der Waals surface area contributed by atoms with Gasteiger partial charge in [-0.25, -0.2) is 4.98 Å². The number of nitrogens with zero attached hydrogens (tertiary/aromatic N) is 4. The molecule has 0 aliphatic rings. The van der Waals surface area contributed by atoms with Crippen molar-refractivity contribution in [1.29, 1.82) is 0 Å². The molecule has 124 valence electrons. The van der Waals surface area contributed by atoms with E-state index in [-0.39, 0.29) is 0 Å². The Balaban J connectivity index is 1.55. The van der Waals surface area contributed by atoms with Crippen molar-refractivity contribution < 1.29 is 9.15 Å². The summed E-state index contributed by atoms with van der Waals surface area (Å²) in [6.45, 7) is 0. The lowest BCUT2D eigenvalue weighted by Crippen LogP contribution is -1.94. The highest BCUT2D eigenvalue weighted by Crippen LogP contribution is 2.28. The Morgan fingerprint density at radius 3 is 2.64 bits per heavy atom. The van der Waals surface area contributed by atoms with Crippen molar-refractivity contribution in [2.45, 2.75) is 0 Å². The van der Waals surface area contributed by atoms with E-state index in [1.54, 1.807) is 19.6 Å². The average Bonchev–Trinajstić information content (AvgIpc) is 3.34. The summed E-state index contributed by atoms with van der Waals surface area (Å²) < 4.78 is 12.9. The molecule has 0 atom stereocenters. The van der Waals surface area contributed by atoms with Gasteiger partial charge < -0.3 is 19.0 Å². The van der Waals surface area contributed by atoms with Gasteiger partial charge in [0.15, 0.2) is 0 Å². The number of methoxy groups -OCH3 is 1. The van der Waals surface area contributed by atoms with Crippen LogP contribution in [0.15, 0.2) is 71.7 Å². The zero-order chi connectivity index (χ0) is 17.1. The number of hydrogen-bond acceptors (Lipinski definition) is 6. The molecule has 0 aliphatic heterocycles. The molecule has 0 saturated heterocycles. The molecular weight excluding hydrogens is 318 g/mol. The Bertz CT molecular complexity index is 961. The number of ether oxygens (including phenoxy) is 1. The smallest absolute Gasteiger partial charge is 0.320 e. The minimum Gasteiger partial charge on any atom is -0.495 e. The number of nitrogens with one attached hydrogen (secondary N) is 1. The highest BCUT2D eigenvalue weighted by Gasteiger charge is 2.11. The van der Waals surface area contributed by atoms with E-state index in [1.165, 1.54) is 0 Å². The van der Waals surface area contributed by atoms with Crippen LogP contribution in [0.3, 0.4) is 0 Å². The largest absolute Gasteiger partial charge is 0.495 e. The summed E-state index contributed by atoms with van der Waals surface area (Å²) in [5.74, 6) is 1.14. The summed E-state index contributed by atoms with van der Waals surface area (Å²) in [4.78, 5) is 4.04. The van der Waals surface area contributed by atoms with Gasteiger partial charge in [0.25, 0.3) is 0 Å². The van der Waals surface area contributed by atoms with Crippen LogP contribution in [0.2, 0.25) is 0 Å². The maximum absolute atomic E-state index is 5.70. The molecule has 0 bridgehead atoms. The molecule has 1 N–H and O–H groups in total. The molecule has 0 saturated carbocycles. The fourth-order valence-corrected chi connectivity index (χ4v) is 2.44. The Labute approximate surface area is 143 Å². The lowest BCUT2D eigenvalue weighted by molar-refractivity contribution is 0.416. The molecule has 0 amide bonds. The summed E-state index contributed by atoms with van der Waals surface area (Å²) in [6.07, 6.45) is 5.37. The molecule has 7 heteroatoms. The van der Waals surface area contributed by atoms with Gasteiger partial charge in [-0.15, -0.1) is 5.10 Å². The normalized spacial score (nSPS) is 10.6. The minimum atomic E-state index is 0.304. The molecule has 25 heavy (non-hydrogen) atoms. The highest BCUT2D eigenvalue weighted by molar-refractivity contribution is 5.62. The Morgan fingerprint density at radius 1 is 1.04 bits per heavy atom. The molecule has 0 radical (unpaired) electrons. The van der Waals surface area contributed by atoms with E-state index in [9.17, 15) is 0 Å². The fourth-order valence-electron chi connectivity index (χ4n) is 2.44. The predicted molar refractivity (Wildman–Crippen MR) is 93.1 cm³/mol. The van der Waals surface area contributed by atoms with Crippen molar-refractivity contribution in [2.24, 2.45) is 0 Å². The lowest BCUT2D eigenvalue weighted by Gasteiger charge is -2.07. The topological polar surface area (TPSA) is 78.0 Å². The summed E-state index contributed by atoms with van der Waals surface area (Å²) in [7, 11) is 1.61. The van der Waals surface area contributed by atoms with Crippen molar-refractivity contribution in [1.82, 2.24) is 19.7 Å². The third-order valence-electron chi connectivity index (χ3n) is 3.69. The van der Waals surface area contributed by atoms with Crippen molar-refractivity contribution in [3.05, 3.63) is 67.3 Å². The molecular formula is C18H15N5O2. The van der Waals surface area contributed by atoms with Crippen molar-refractivity contribution >= 4 is 11.7 Å². The maximum Gasteiger partial charge on any atom is 0.320 e. The van der Waals surface area contributed by atoms with Crippen LogP contribution in [0.5, 0.6) is 5.75 Å². The fraction of sp³-hybridized carbons (Fsp3) is 0.0556. The molecule has 4 aromatic rings. The van der Waals surface area contributed by atoms with Crippen LogP contribution in [-0.2, 0) is 0 Å². The van der Waals surface area contributed by atoms with E-state index in [0.717, 1.165) is 16.9 Å². The number of imidazole rings is 1. The van der Waals surface area contributed by atoms with Crippen LogP contribution in [-0.4, -0.2) is 26.9 Å². The summed E-state index contributed by atoms with van der Waals surface area (Å²) in [5, 5.41) is 11.2. The number of benzene rings is 2. The first-order chi connectivity index (χ1) is 12.3. The van der Waals surface area contributed by atoms with Crippen LogP contribution in [0, 0.1) is 0 Å². The molecule has 7 nitrogen and oxygen atoms in total. The number of para-hydroxylation sites is 2. The van der Waals surface area contributed by atoms with Gasteiger partial charge in [0, 0.05) is 23.6 Å². The van der Waals surface area contributed by atoms with Crippen molar-refractivity contribution in [3.63, 3.8) is 0 Å². The van der Waals surface area contributed by atoms with Gasteiger partial charge in [-0.1, -0.05) is 17.2 Å². The maximum atomic E-state index is 5.70. The second-order valence-electron chi connectivity index (χ2n) is 5.25. The van der Waals surface area contributed by atoms with Gasteiger partial charge >= 0.3 is 6.01 Å². The number of hydrogen-bond donors (Lipinski definition) is 1. The molecule has 0 aliphatic carbocycles. The second kappa shape index (κ2) is 6.48. The van der Waals surface area contributed by atoms with E-state index in [4.69, 9.17) is 9.15 Å². The third kappa shape index (κ3) is 3.07. The van der Waals surface area contributed by atoms with Gasteiger partial charge in [-0.3, -0.25) is 0 Å². The molecule has 0 fully saturated rings.